The number of halogens is 10. The van der Waals surface area contributed by atoms with E-state index in [9.17, 15) is 48.7 Å². The summed E-state index contributed by atoms with van der Waals surface area (Å²) in [7, 11) is 0. The zero-order valence-electron chi connectivity index (χ0n) is 20.9. The first-order valence-corrected chi connectivity index (χ1v) is 12.4. The number of amides is 1. The number of piperidine rings is 1. The average molecular weight is 585 g/mol. The highest BCUT2D eigenvalue weighted by atomic mass is 19.4. The van der Waals surface area contributed by atoms with Crippen molar-refractivity contribution < 1.29 is 48.7 Å². The van der Waals surface area contributed by atoms with Crippen LogP contribution in [0.15, 0.2) is 42.5 Å². The fourth-order valence-corrected chi connectivity index (χ4v) is 5.37. The smallest absolute Gasteiger partial charge is 0.338 e. The van der Waals surface area contributed by atoms with Gasteiger partial charge in [0.1, 0.15) is 5.82 Å². The van der Waals surface area contributed by atoms with E-state index >= 15 is 0 Å². The van der Waals surface area contributed by atoms with Crippen molar-refractivity contribution in [3.05, 3.63) is 70.5 Å². The van der Waals surface area contributed by atoms with Gasteiger partial charge >= 0.3 is 18.5 Å². The number of carbonyl (C=O) groups is 1. The molecule has 2 aromatic carbocycles. The molecule has 0 aromatic heterocycles. The molecular formula is C26H25F10N3O. The Hall–Kier alpha value is -2.87. The second-order valence-electron chi connectivity index (χ2n) is 9.99. The van der Waals surface area contributed by atoms with E-state index in [0.29, 0.717) is 17.7 Å². The summed E-state index contributed by atoms with van der Waals surface area (Å²) >= 11 is 0. The molecular weight excluding hydrogens is 560 g/mol. The lowest BCUT2D eigenvalue weighted by molar-refractivity contribution is -0.150. The van der Waals surface area contributed by atoms with E-state index in [1.54, 1.807) is 0 Å². The number of nitrogens with zero attached hydrogens (tertiary/aromatic N) is 3. The number of likely N-dealkylation sites (tertiary alicyclic amines) is 1. The van der Waals surface area contributed by atoms with Gasteiger partial charge in [0.2, 0.25) is 0 Å². The molecule has 2 heterocycles. The maximum atomic E-state index is 13.6. The zero-order chi connectivity index (χ0) is 29.5. The minimum atomic E-state index is -5.12. The van der Waals surface area contributed by atoms with Crippen molar-refractivity contribution in [1.82, 2.24) is 14.7 Å². The van der Waals surface area contributed by atoms with Crippen molar-refractivity contribution in [1.29, 1.82) is 0 Å². The molecule has 0 bridgehead atoms. The van der Waals surface area contributed by atoms with Gasteiger partial charge in [-0.05, 0) is 42.3 Å². The third-order valence-corrected chi connectivity index (χ3v) is 7.28. The second-order valence-corrected chi connectivity index (χ2v) is 9.99. The fraction of sp³-hybridized carbons (Fsp3) is 0.500. The van der Waals surface area contributed by atoms with Gasteiger partial charge in [0.05, 0.1) is 17.7 Å². The second kappa shape index (κ2) is 11.2. The molecule has 2 aliphatic rings. The molecule has 4 nitrogen and oxygen atoms in total. The van der Waals surface area contributed by atoms with E-state index in [2.05, 4.69) is 0 Å². The topological polar surface area (TPSA) is 26.8 Å². The van der Waals surface area contributed by atoms with Gasteiger partial charge in [0, 0.05) is 56.8 Å². The van der Waals surface area contributed by atoms with Crippen molar-refractivity contribution >= 4 is 5.91 Å². The molecule has 0 unspecified atom stereocenters. The summed E-state index contributed by atoms with van der Waals surface area (Å²) in [4.78, 5) is 17.7. The quantitative estimate of drug-likeness (QED) is 0.410. The summed E-state index contributed by atoms with van der Waals surface area (Å²) in [5, 5.41) is 0. The van der Waals surface area contributed by atoms with E-state index < -0.39 is 59.4 Å². The maximum absolute atomic E-state index is 13.6. The molecule has 2 aromatic rings. The van der Waals surface area contributed by atoms with Crippen molar-refractivity contribution in [3.8, 4) is 0 Å². The summed E-state index contributed by atoms with van der Waals surface area (Å²) in [6, 6.07) is 5.76. The van der Waals surface area contributed by atoms with Crippen LogP contribution in [0, 0.1) is 5.82 Å². The molecule has 2 saturated heterocycles. The standard InChI is InChI=1S/C26H25F10N3O/c27-20-3-1-16(2-4-20)21-14-39(6-5-22(21)38-9-7-37(8-10-38)15-24(28,29)30)23(40)17-11-18(25(31,32)33)13-19(12-17)26(34,35)36/h1-4,11-13,21-22H,5-10,14-15H2/t21-,22-/m1/s1. The largest absolute Gasteiger partial charge is 0.416 e. The van der Waals surface area contributed by atoms with Crippen LogP contribution >= 0.6 is 0 Å². The molecule has 0 spiro atoms. The van der Waals surface area contributed by atoms with Crippen molar-refractivity contribution in [2.24, 2.45) is 0 Å². The van der Waals surface area contributed by atoms with Crippen LogP contribution in [0.5, 0.6) is 0 Å². The summed E-state index contributed by atoms with van der Waals surface area (Å²) in [6.45, 7) is -0.286. The first-order chi connectivity index (χ1) is 18.5. The molecule has 2 aliphatic heterocycles. The van der Waals surface area contributed by atoms with Crippen molar-refractivity contribution in [2.45, 2.75) is 36.9 Å². The zero-order valence-corrected chi connectivity index (χ0v) is 20.9. The molecule has 0 radical (unpaired) electrons. The highest BCUT2D eigenvalue weighted by Crippen LogP contribution is 2.38. The molecule has 0 N–H and O–H groups in total. The predicted octanol–water partition coefficient (Wildman–Crippen LogP) is 6.04. The molecule has 40 heavy (non-hydrogen) atoms. The van der Waals surface area contributed by atoms with E-state index in [0.717, 1.165) is 0 Å². The average Bonchev–Trinajstić information content (AvgIpc) is 2.87. The van der Waals surface area contributed by atoms with E-state index in [1.807, 2.05) is 4.90 Å². The van der Waals surface area contributed by atoms with E-state index in [-0.39, 0.29) is 57.8 Å². The van der Waals surface area contributed by atoms with Crippen molar-refractivity contribution in [3.63, 3.8) is 0 Å². The van der Waals surface area contributed by atoms with Crippen LogP contribution in [-0.2, 0) is 12.4 Å². The Morgan fingerprint density at radius 3 is 1.82 bits per heavy atom. The lowest BCUT2D eigenvalue weighted by Gasteiger charge is -2.47. The molecule has 2 fully saturated rings. The third-order valence-electron chi connectivity index (χ3n) is 7.28. The Bertz CT molecular complexity index is 1150. The van der Waals surface area contributed by atoms with E-state index in [4.69, 9.17) is 0 Å². The number of hydrogen-bond acceptors (Lipinski definition) is 3. The molecule has 220 valence electrons. The summed E-state index contributed by atoms with van der Waals surface area (Å²) in [5.74, 6) is -2.06. The van der Waals surface area contributed by atoms with Crippen LogP contribution in [0.1, 0.15) is 39.4 Å². The van der Waals surface area contributed by atoms with Crippen LogP contribution in [0.2, 0.25) is 0 Å². The minimum Gasteiger partial charge on any atom is -0.338 e. The first kappa shape index (κ1) is 30.1. The normalized spacial score (nSPS) is 22.0. The first-order valence-electron chi connectivity index (χ1n) is 12.4. The maximum Gasteiger partial charge on any atom is 0.416 e. The van der Waals surface area contributed by atoms with Crippen LogP contribution < -0.4 is 0 Å². The molecule has 4 rings (SSSR count). The Labute approximate surface area is 223 Å². The van der Waals surface area contributed by atoms with Gasteiger partial charge < -0.3 is 4.90 Å². The number of hydrogen-bond donors (Lipinski definition) is 0. The van der Waals surface area contributed by atoms with Crippen LogP contribution in [-0.4, -0.2) is 78.6 Å². The lowest BCUT2D eigenvalue weighted by atomic mass is 9.84. The van der Waals surface area contributed by atoms with Gasteiger partial charge in [-0.3, -0.25) is 14.6 Å². The molecule has 0 aliphatic carbocycles. The molecule has 1 amide bonds. The van der Waals surface area contributed by atoms with Gasteiger partial charge in [0.25, 0.3) is 5.91 Å². The van der Waals surface area contributed by atoms with Gasteiger partial charge in [-0.25, -0.2) is 4.39 Å². The highest BCUT2D eigenvalue weighted by molar-refractivity contribution is 5.95. The molecule has 14 heteroatoms. The van der Waals surface area contributed by atoms with E-state index in [1.165, 1.54) is 34.1 Å². The van der Waals surface area contributed by atoms with Gasteiger partial charge in [-0.2, -0.15) is 39.5 Å². The number of benzene rings is 2. The minimum absolute atomic E-state index is 0.00154. The van der Waals surface area contributed by atoms with Crippen molar-refractivity contribution in [2.75, 3.05) is 45.8 Å². The Kier molecular flexibility index (Phi) is 8.42. The summed E-state index contributed by atoms with van der Waals surface area (Å²) in [6.07, 6.45) is -14.3. The highest BCUT2D eigenvalue weighted by Gasteiger charge is 2.41. The number of piperazine rings is 1. The third kappa shape index (κ3) is 7.25. The lowest BCUT2D eigenvalue weighted by Crippen LogP contribution is -2.57. The molecule has 0 saturated carbocycles. The SMILES string of the molecule is O=C(c1cc(C(F)(F)F)cc(C(F)(F)F)c1)N1CC[C@@H](N2CCN(CC(F)(F)F)CC2)[C@@H](c2ccc(F)cc2)C1. The fourth-order valence-electron chi connectivity index (χ4n) is 5.37. The van der Waals surface area contributed by atoms with Crippen LogP contribution in [0.25, 0.3) is 0 Å². The predicted molar refractivity (Wildman–Crippen MR) is 124 cm³/mol. The number of carbonyl (C=O) groups excluding carboxylic acids is 1. The van der Waals surface area contributed by atoms with Crippen LogP contribution in [0.3, 0.4) is 0 Å². The van der Waals surface area contributed by atoms with Crippen LogP contribution in [0.4, 0.5) is 43.9 Å². The summed E-state index contributed by atoms with van der Waals surface area (Å²) in [5.41, 5.74) is -3.39. The monoisotopic (exact) mass is 585 g/mol. The van der Waals surface area contributed by atoms with Gasteiger partial charge in [0.15, 0.2) is 0 Å². The number of alkyl halides is 9. The Morgan fingerprint density at radius 1 is 0.775 bits per heavy atom. The van der Waals surface area contributed by atoms with Gasteiger partial charge in [-0.1, -0.05) is 12.1 Å². The number of rotatable bonds is 4. The Balaban J connectivity index is 1.59. The Morgan fingerprint density at radius 2 is 1.32 bits per heavy atom. The summed E-state index contributed by atoms with van der Waals surface area (Å²) < 4.78 is 132. The van der Waals surface area contributed by atoms with Gasteiger partial charge in [-0.15, -0.1) is 0 Å². The molecule has 2 atom stereocenters.